The molecule has 0 spiro atoms. The summed E-state index contributed by atoms with van der Waals surface area (Å²) in [5, 5.41) is 61.9. The van der Waals surface area contributed by atoms with E-state index in [1.165, 1.54) is 152 Å². The second kappa shape index (κ2) is 63.2. The summed E-state index contributed by atoms with van der Waals surface area (Å²) >= 11 is 2.01. The minimum atomic E-state index is -0.446. The zero-order valence-corrected chi connectivity index (χ0v) is 90.3. The Morgan fingerprint density at radius 1 is 0.295 bits per heavy atom. The topological polar surface area (TPSA) is 213 Å². The summed E-state index contributed by atoms with van der Waals surface area (Å²) in [5.74, 6) is 17.1. The number of thioether (sulfide) groups is 1. The highest BCUT2D eigenvalue weighted by atomic mass is 32.2. The molecule has 20 heteroatoms. The van der Waals surface area contributed by atoms with Crippen molar-refractivity contribution in [3.8, 4) is 0 Å². The molecule has 27 unspecified atom stereocenters. The molecule has 6 aliphatic heterocycles. The van der Waals surface area contributed by atoms with Gasteiger partial charge in [-0.05, 0) is 279 Å². The van der Waals surface area contributed by atoms with Gasteiger partial charge >= 0.3 is 0 Å². The maximum absolute atomic E-state index is 11.2. The van der Waals surface area contributed by atoms with Gasteiger partial charge in [0.05, 0.1) is 113 Å². The quantitative estimate of drug-likeness (QED) is 0.0322. The van der Waals surface area contributed by atoms with Gasteiger partial charge in [0, 0.05) is 109 Å². The Balaban J connectivity index is 0.000000217. The number of ether oxygens (including phenoxy) is 6. The molecular weight excluding hydrogens is 1670 g/mol. The lowest BCUT2D eigenvalue weighted by molar-refractivity contribution is -0.122. The standard InChI is InChI=1S/C21H39NO2.2C19H37NO2.C18H33NO3.C18H35NO2.C17H33NO2S/c1-14(2)20-8-7-15(3)9-21(20)24-13-19(23)12-22-10-16(4)18(6)17(5)11-22;1-14(2)18-6-5-16(4)11-19(18)22-13-17(21)12-20-9-7-15(3)8-10-20;1-14(2)18-9-8-15(3)11-19(18)22-13-17(21)12-20-10-6-5-7-16(20)4;1-13(2)17-5-4-14(3)10-18(17)22-12-16(21)11-19-8-6-15(20)7-9-19;1-14(2)17-8-7-15(3)11-18(17)21-13-16(20)12-19-9-5-4-6-10-19;1-13(2)16-5-4-14(3)10-17(16)20-12-15(19)11-18-6-8-21-9-7-18/h14-17,19-21,23H,6-13H2,1-5H3;2*14-19,21H,5-13H2,1-4H3;13-14,16-18,21H,4-12H2,1-3H3;14-18,20H,4-13H2,1-3H3;13-17,19H,4-12H2,1-3H3. The summed E-state index contributed by atoms with van der Waals surface area (Å²) in [6.07, 6.45) is 33.9. The van der Waals surface area contributed by atoms with Gasteiger partial charge in [0.25, 0.3) is 0 Å². The molecule has 0 amide bonds. The number of carbonyl (C=O) groups is 1. The Hall–Kier alpha value is -0.960. The van der Waals surface area contributed by atoms with E-state index >= 15 is 0 Å². The van der Waals surface area contributed by atoms with Gasteiger partial charge in [0.1, 0.15) is 5.78 Å². The Labute approximate surface area is 816 Å². The van der Waals surface area contributed by atoms with Crippen LogP contribution in [0, 0.1) is 124 Å². The number of nitrogens with zero attached hydrogens (tertiary/aromatic N) is 6. The molecule has 132 heavy (non-hydrogen) atoms. The van der Waals surface area contributed by atoms with Crippen molar-refractivity contribution in [1.82, 2.24) is 29.4 Å². The second-order valence-electron chi connectivity index (χ2n) is 48.1. The minimum absolute atomic E-state index is 0.293. The molecule has 6 aliphatic carbocycles. The molecule has 6 heterocycles. The highest BCUT2D eigenvalue weighted by Crippen LogP contribution is 2.42. The number of carbonyl (C=O) groups excluding carboxylic acids is 1. The minimum Gasteiger partial charge on any atom is -0.389 e. The van der Waals surface area contributed by atoms with E-state index in [-0.39, 0.29) is 30.5 Å². The third-order valence-electron chi connectivity index (χ3n) is 33.7. The van der Waals surface area contributed by atoms with Gasteiger partial charge in [-0.15, -0.1) is 0 Å². The Morgan fingerprint density at radius 2 is 0.553 bits per heavy atom. The first-order valence-electron chi connectivity index (χ1n) is 55.7. The number of β-amino-alcohol motifs (C(OH)–C–C–N with tert-alkyl or cyclic N) is 6. The number of hydrogen-bond acceptors (Lipinski definition) is 20. The lowest BCUT2D eigenvalue weighted by atomic mass is 9.75. The second-order valence-corrected chi connectivity index (χ2v) is 49.4. The highest BCUT2D eigenvalue weighted by molar-refractivity contribution is 7.99. The summed E-state index contributed by atoms with van der Waals surface area (Å²) in [4.78, 5) is 25.4. The highest BCUT2D eigenvalue weighted by Gasteiger charge is 2.40. The van der Waals surface area contributed by atoms with E-state index in [4.69, 9.17) is 28.4 Å². The van der Waals surface area contributed by atoms with E-state index in [2.05, 4.69) is 188 Å². The summed E-state index contributed by atoms with van der Waals surface area (Å²) in [5.41, 5.74) is 1.35. The van der Waals surface area contributed by atoms with Crippen molar-refractivity contribution in [3.05, 3.63) is 12.2 Å². The molecule has 12 rings (SSSR count). The average molecular weight is 1890 g/mol. The van der Waals surface area contributed by atoms with Crippen LogP contribution in [0.2, 0.25) is 0 Å². The number of aliphatic hydroxyl groups excluding tert-OH is 6. The van der Waals surface area contributed by atoms with E-state index < -0.39 is 6.10 Å². The summed E-state index contributed by atoms with van der Waals surface area (Å²) in [6.45, 7) is 73.7. The zero-order valence-electron chi connectivity index (χ0n) is 89.4. The van der Waals surface area contributed by atoms with Gasteiger partial charge in [-0.3, -0.25) is 24.4 Å². The van der Waals surface area contributed by atoms with Gasteiger partial charge in [-0.1, -0.05) is 209 Å². The number of piperidine rings is 5. The van der Waals surface area contributed by atoms with E-state index in [0.29, 0.717) is 190 Å². The molecule has 0 aromatic carbocycles. The van der Waals surface area contributed by atoms with Crippen LogP contribution < -0.4 is 0 Å². The van der Waals surface area contributed by atoms with Crippen molar-refractivity contribution >= 4 is 17.5 Å². The number of Topliss-reactive ketones (excluding diaryl/α,β-unsaturated/α-hetero) is 1. The van der Waals surface area contributed by atoms with Crippen LogP contribution >= 0.6 is 11.8 Å². The molecule has 776 valence electrons. The fourth-order valence-corrected chi connectivity index (χ4v) is 25.6. The van der Waals surface area contributed by atoms with Crippen LogP contribution in [0.25, 0.3) is 0 Å². The predicted molar refractivity (Wildman–Crippen MR) is 551 cm³/mol. The number of aliphatic hydroxyl groups is 6. The molecule has 0 aromatic heterocycles. The Bertz CT molecular complexity index is 2890. The fourth-order valence-electron chi connectivity index (χ4n) is 24.6. The van der Waals surface area contributed by atoms with Crippen LogP contribution in [0.1, 0.15) is 332 Å². The van der Waals surface area contributed by atoms with Crippen molar-refractivity contribution in [2.75, 3.05) is 162 Å². The van der Waals surface area contributed by atoms with Crippen molar-refractivity contribution in [3.63, 3.8) is 0 Å². The van der Waals surface area contributed by atoms with Crippen molar-refractivity contribution in [2.24, 2.45) is 124 Å². The molecule has 12 aliphatic rings. The van der Waals surface area contributed by atoms with Gasteiger partial charge in [0.15, 0.2) is 0 Å². The normalized spacial score (nSPS) is 34.2. The van der Waals surface area contributed by atoms with Gasteiger partial charge in [-0.25, -0.2) is 0 Å². The first-order chi connectivity index (χ1) is 62.8. The fraction of sp³-hybridized carbons (Fsp3) is 0.973. The average Bonchev–Trinajstić information content (AvgIpc) is 0.865. The van der Waals surface area contributed by atoms with Crippen LogP contribution in [0.4, 0.5) is 0 Å². The Morgan fingerprint density at radius 3 is 0.841 bits per heavy atom. The van der Waals surface area contributed by atoms with Crippen LogP contribution in [0.5, 0.6) is 0 Å². The van der Waals surface area contributed by atoms with Crippen molar-refractivity contribution in [1.29, 1.82) is 0 Å². The maximum atomic E-state index is 11.2. The van der Waals surface area contributed by atoms with Crippen LogP contribution in [-0.4, -0.2) is 308 Å². The summed E-state index contributed by atoms with van der Waals surface area (Å²) in [7, 11) is 0. The molecule has 0 radical (unpaired) electrons. The monoisotopic (exact) mass is 1880 g/mol. The van der Waals surface area contributed by atoms with Crippen LogP contribution in [-0.2, 0) is 33.2 Å². The first-order valence-corrected chi connectivity index (χ1v) is 56.8. The molecule has 27 atom stereocenters. The van der Waals surface area contributed by atoms with E-state index in [9.17, 15) is 35.4 Å². The third kappa shape index (κ3) is 44.5. The lowest BCUT2D eigenvalue weighted by Gasteiger charge is -2.39. The molecule has 6 saturated heterocycles. The smallest absolute Gasteiger partial charge is 0.135 e. The number of rotatable bonds is 36. The SMILES string of the molecule is C=C1C(C)CN(CC(O)COC2CC(C)CCC2C(C)C)CC1C.CC1CCC(C(C)C)C(OCC(O)CN2CCC(=O)CC2)C1.CC1CCC(C(C)C)C(OCC(O)CN2CCCCC2)C1.CC1CCC(C(C)C)C(OCC(O)CN2CCCCC2C)C1.CC1CCC(C(C)C)C(OCC(O)CN2CCSCC2)C1.CC1CCN(CC(O)COC2CC(C)CCC2C(C)C)CC1. The Kier molecular flexibility index (Phi) is 56.5. The molecule has 19 nitrogen and oxygen atoms in total. The molecule has 12 fully saturated rings. The molecule has 6 N–H and O–H groups in total. The zero-order chi connectivity index (χ0) is 96.7. The van der Waals surface area contributed by atoms with Gasteiger partial charge in [0.2, 0.25) is 0 Å². The summed E-state index contributed by atoms with van der Waals surface area (Å²) < 4.78 is 37.0. The molecule has 6 saturated carbocycles. The maximum Gasteiger partial charge on any atom is 0.135 e. The van der Waals surface area contributed by atoms with E-state index in [1.807, 2.05) is 11.8 Å². The molecule has 0 aromatic rings. The molecule has 0 bridgehead atoms. The first kappa shape index (κ1) is 118. The van der Waals surface area contributed by atoms with Crippen molar-refractivity contribution < 1.29 is 63.9 Å². The van der Waals surface area contributed by atoms with Gasteiger partial charge in [-0.2, -0.15) is 11.8 Å². The predicted octanol–water partition coefficient (Wildman–Crippen LogP) is 19.9. The molecular formula is C112H214N6O13S. The van der Waals surface area contributed by atoms with Gasteiger partial charge < -0.3 is 68.9 Å². The number of ketones is 1. The number of hydrogen-bond donors (Lipinski definition) is 6. The number of likely N-dealkylation sites (tertiary alicyclic amines) is 5. The van der Waals surface area contributed by atoms with Crippen molar-refractivity contribution in [2.45, 2.75) is 411 Å². The van der Waals surface area contributed by atoms with Crippen LogP contribution in [0.15, 0.2) is 12.2 Å². The van der Waals surface area contributed by atoms with E-state index in [0.717, 1.165) is 178 Å². The van der Waals surface area contributed by atoms with E-state index in [1.54, 1.807) is 0 Å². The largest absolute Gasteiger partial charge is 0.389 e. The van der Waals surface area contributed by atoms with Crippen LogP contribution in [0.3, 0.4) is 0 Å². The third-order valence-corrected chi connectivity index (χ3v) is 34.6. The lowest BCUT2D eigenvalue weighted by Crippen LogP contribution is -2.45. The summed E-state index contributed by atoms with van der Waals surface area (Å²) in [6, 6.07) is 0.613.